The van der Waals surface area contributed by atoms with E-state index in [9.17, 15) is 18.0 Å². The third kappa shape index (κ3) is 5.64. The zero-order valence-corrected chi connectivity index (χ0v) is 20.0. The van der Waals surface area contributed by atoms with Crippen LogP contribution in [0.3, 0.4) is 0 Å². The van der Waals surface area contributed by atoms with Crippen LogP contribution < -0.4 is 20.3 Å². The molecule has 3 aromatic heterocycles. The van der Waals surface area contributed by atoms with Gasteiger partial charge in [0.2, 0.25) is 17.7 Å². The van der Waals surface area contributed by atoms with Crippen LogP contribution in [0.25, 0.3) is 0 Å². The molecule has 14 heteroatoms. The maximum absolute atomic E-state index is 12.6. The third-order valence-corrected chi connectivity index (χ3v) is 5.66. The van der Waals surface area contributed by atoms with Gasteiger partial charge in [0.1, 0.15) is 11.7 Å². The number of carbonyl (C=O) groups is 1. The number of nitrogens with zero attached hydrogens (tertiary/aromatic N) is 6. The number of nitrogens with one attached hydrogen (secondary N) is 2. The molecule has 0 saturated heterocycles. The first kappa shape index (κ1) is 25.2. The largest absolute Gasteiger partial charge is 0.574 e. The number of hydrogen-bond acceptors (Lipinski definition) is 9. The van der Waals surface area contributed by atoms with E-state index in [1.54, 1.807) is 43.1 Å². The van der Waals surface area contributed by atoms with Crippen molar-refractivity contribution in [2.24, 2.45) is 0 Å². The van der Waals surface area contributed by atoms with Crippen LogP contribution in [0, 0.1) is 6.92 Å². The van der Waals surface area contributed by atoms with Crippen LogP contribution in [0.5, 0.6) is 5.88 Å². The summed E-state index contributed by atoms with van der Waals surface area (Å²) >= 11 is 0. The first-order valence-corrected chi connectivity index (χ1v) is 10.9. The molecular weight excluding hydrogens is 481 g/mol. The van der Waals surface area contributed by atoms with Gasteiger partial charge in [0, 0.05) is 44.7 Å². The van der Waals surface area contributed by atoms with E-state index in [0.29, 0.717) is 41.8 Å². The van der Waals surface area contributed by atoms with E-state index in [4.69, 9.17) is 4.74 Å². The Morgan fingerprint density at radius 2 is 2.00 bits per heavy atom. The molecule has 1 amide bonds. The molecule has 0 saturated carbocycles. The molecule has 4 rings (SSSR count). The predicted octanol–water partition coefficient (Wildman–Crippen LogP) is 2.73. The van der Waals surface area contributed by atoms with E-state index in [0.717, 1.165) is 11.6 Å². The van der Waals surface area contributed by atoms with E-state index in [-0.39, 0.29) is 12.0 Å². The highest BCUT2D eigenvalue weighted by Gasteiger charge is 2.37. The fourth-order valence-corrected chi connectivity index (χ4v) is 3.84. The second kappa shape index (κ2) is 9.97. The summed E-state index contributed by atoms with van der Waals surface area (Å²) in [7, 11) is 3.34. The standard InChI is InChI=1S/C22H25F3N8O3/c1-12-17-19(32(3)18(13(2)35-4)20(34)30-17)31-21(29-12)27-8-15-9-28-33(11-15)10-14-5-6-16(26-7-14)36-22(23,24)25/h5-7,9,11,13,18H,8,10H2,1-4H3,(H,30,34)(H,27,29,31)/t13-,18?/m1/s1. The number of fused-ring (bicyclic) bond motifs is 1. The molecule has 3 aromatic rings. The summed E-state index contributed by atoms with van der Waals surface area (Å²) in [4.78, 5) is 27.0. The summed E-state index contributed by atoms with van der Waals surface area (Å²) in [6.07, 6.45) is -0.371. The van der Waals surface area contributed by atoms with Crippen molar-refractivity contribution in [1.82, 2.24) is 24.7 Å². The molecule has 0 aromatic carbocycles. The monoisotopic (exact) mass is 506 g/mol. The van der Waals surface area contributed by atoms with Crippen molar-refractivity contribution < 1.29 is 27.4 Å². The Kier molecular flexibility index (Phi) is 6.97. The van der Waals surface area contributed by atoms with Crippen molar-refractivity contribution in [1.29, 1.82) is 0 Å². The quantitative estimate of drug-likeness (QED) is 0.475. The summed E-state index contributed by atoms with van der Waals surface area (Å²) < 4.78 is 47.6. The number of alkyl halides is 3. The number of rotatable bonds is 8. The number of hydrogen-bond donors (Lipinski definition) is 2. The first-order valence-electron chi connectivity index (χ1n) is 10.9. The minimum Gasteiger partial charge on any atom is -0.388 e. The molecule has 4 heterocycles. The predicted molar refractivity (Wildman–Crippen MR) is 124 cm³/mol. The second-order valence-corrected chi connectivity index (χ2v) is 8.27. The smallest absolute Gasteiger partial charge is 0.388 e. The van der Waals surface area contributed by atoms with Gasteiger partial charge in [-0.15, -0.1) is 13.2 Å². The topological polar surface area (TPSA) is 119 Å². The average molecular weight is 506 g/mol. The molecule has 1 unspecified atom stereocenters. The number of amides is 1. The molecule has 0 radical (unpaired) electrons. The molecule has 0 spiro atoms. The number of aryl methyl sites for hydroxylation is 1. The highest BCUT2D eigenvalue weighted by atomic mass is 19.4. The number of anilines is 3. The lowest BCUT2D eigenvalue weighted by molar-refractivity contribution is -0.276. The van der Waals surface area contributed by atoms with Gasteiger partial charge in [-0.3, -0.25) is 9.48 Å². The van der Waals surface area contributed by atoms with Gasteiger partial charge in [0.05, 0.1) is 24.5 Å². The highest BCUT2D eigenvalue weighted by Crippen LogP contribution is 2.33. The molecule has 0 fully saturated rings. The first-order chi connectivity index (χ1) is 17.0. The number of aromatic nitrogens is 5. The van der Waals surface area contributed by atoms with Gasteiger partial charge < -0.3 is 25.0 Å². The summed E-state index contributed by atoms with van der Waals surface area (Å²) in [5.74, 6) is 0.261. The van der Waals surface area contributed by atoms with E-state index in [1.807, 2.05) is 6.92 Å². The number of carbonyl (C=O) groups excluding carboxylic acids is 1. The van der Waals surface area contributed by atoms with E-state index >= 15 is 0 Å². The summed E-state index contributed by atoms with van der Waals surface area (Å²) in [6.45, 7) is 4.30. The highest BCUT2D eigenvalue weighted by molar-refractivity contribution is 6.03. The van der Waals surface area contributed by atoms with Crippen LogP contribution in [-0.2, 0) is 22.6 Å². The van der Waals surface area contributed by atoms with Gasteiger partial charge >= 0.3 is 6.36 Å². The fourth-order valence-electron chi connectivity index (χ4n) is 3.84. The number of ether oxygens (including phenoxy) is 2. The molecule has 1 aliphatic heterocycles. The molecule has 0 bridgehead atoms. The maximum atomic E-state index is 12.6. The Hall–Kier alpha value is -3.94. The molecule has 36 heavy (non-hydrogen) atoms. The van der Waals surface area contributed by atoms with Crippen LogP contribution in [0.4, 0.5) is 30.6 Å². The van der Waals surface area contributed by atoms with Crippen molar-refractivity contribution in [3.8, 4) is 5.88 Å². The minimum absolute atomic E-state index is 0.183. The Balaban J connectivity index is 1.41. The Bertz CT molecular complexity index is 1230. The minimum atomic E-state index is -4.79. The van der Waals surface area contributed by atoms with Crippen LogP contribution in [0.2, 0.25) is 0 Å². The van der Waals surface area contributed by atoms with Gasteiger partial charge in [-0.1, -0.05) is 6.07 Å². The van der Waals surface area contributed by atoms with Crippen molar-refractivity contribution in [3.05, 3.63) is 47.5 Å². The van der Waals surface area contributed by atoms with Crippen molar-refractivity contribution in [2.45, 2.75) is 45.4 Å². The van der Waals surface area contributed by atoms with E-state index < -0.39 is 18.3 Å². The fraction of sp³-hybridized carbons (Fsp3) is 0.409. The van der Waals surface area contributed by atoms with Crippen molar-refractivity contribution in [3.63, 3.8) is 0 Å². The summed E-state index contributed by atoms with van der Waals surface area (Å²) in [6, 6.07) is 2.11. The third-order valence-electron chi connectivity index (χ3n) is 5.66. The molecule has 11 nitrogen and oxygen atoms in total. The molecule has 1 aliphatic rings. The van der Waals surface area contributed by atoms with Gasteiger partial charge in [0.15, 0.2) is 5.82 Å². The van der Waals surface area contributed by atoms with Gasteiger partial charge in [0.25, 0.3) is 0 Å². The molecular formula is C22H25F3N8O3. The van der Waals surface area contributed by atoms with Gasteiger partial charge in [-0.2, -0.15) is 10.1 Å². The lowest BCUT2D eigenvalue weighted by Crippen LogP contribution is -2.53. The van der Waals surface area contributed by atoms with Crippen LogP contribution >= 0.6 is 0 Å². The lowest BCUT2D eigenvalue weighted by atomic mass is 10.1. The molecule has 2 atom stereocenters. The van der Waals surface area contributed by atoms with Crippen LogP contribution in [0.15, 0.2) is 30.7 Å². The second-order valence-electron chi connectivity index (χ2n) is 8.27. The zero-order chi connectivity index (χ0) is 26.0. The Labute approximate surface area is 204 Å². The average Bonchev–Trinajstić information content (AvgIpc) is 3.26. The Morgan fingerprint density at radius 1 is 1.22 bits per heavy atom. The number of likely N-dealkylation sites (N-methyl/N-ethyl adjacent to an activating group) is 1. The number of pyridine rings is 1. The Morgan fingerprint density at radius 3 is 2.67 bits per heavy atom. The molecule has 192 valence electrons. The zero-order valence-electron chi connectivity index (χ0n) is 20.0. The SMILES string of the molecule is CO[C@H](C)C1C(=O)Nc2c(C)nc(NCc3cnn(Cc4ccc(OC(F)(F)F)nc4)c3)nc2N1C. The van der Waals surface area contributed by atoms with Crippen LogP contribution in [-0.4, -0.2) is 63.3 Å². The molecule has 2 N–H and O–H groups in total. The number of halogens is 3. The normalized spacial score (nSPS) is 16.4. The van der Waals surface area contributed by atoms with Crippen LogP contribution in [0.1, 0.15) is 23.7 Å². The van der Waals surface area contributed by atoms with E-state index in [1.165, 1.54) is 12.3 Å². The van der Waals surface area contributed by atoms with Gasteiger partial charge in [-0.05, 0) is 19.4 Å². The van der Waals surface area contributed by atoms with E-state index in [2.05, 4.69) is 35.4 Å². The van der Waals surface area contributed by atoms with Gasteiger partial charge in [-0.25, -0.2) is 9.97 Å². The molecule has 0 aliphatic carbocycles. The summed E-state index contributed by atoms with van der Waals surface area (Å²) in [5, 5.41) is 10.3. The summed E-state index contributed by atoms with van der Waals surface area (Å²) in [5.41, 5.74) is 2.67. The number of methoxy groups -OCH3 is 1. The van der Waals surface area contributed by atoms with Crippen molar-refractivity contribution >= 4 is 23.4 Å². The lowest BCUT2D eigenvalue weighted by Gasteiger charge is -2.37. The van der Waals surface area contributed by atoms with Crippen molar-refractivity contribution in [2.75, 3.05) is 29.7 Å². The maximum Gasteiger partial charge on any atom is 0.574 e.